The van der Waals surface area contributed by atoms with Crippen LogP contribution in [0.15, 0.2) is 18.2 Å². The van der Waals surface area contributed by atoms with Gasteiger partial charge < -0.3 is 9.84 Å². The first kappa shape index (κ1) is 15.2. The van der Waals surface area contributed by atoms with E-state index in [-0.39, 0.29) is 24.5 Å². The maximum absolute atomic E-state index is 10.9. The number of nitro groups is 1. The van der Waals surface area contributed by atoms with Gasteiger partial charge in [0.1, 0.15) is 0 Å². The highest BCUT2D eigenvalue weighted by atomic mass is 35.5. The number of nitro benzene ring substituents is 1. The maximum Gasteiger partial charge on any atom is 0.311 e. The van der Waals surface area contributed by atoms with Gasteiger partial charge in [0.25, 0.3) is 0 Å². The molecule has 1 aromatic carbocycles. The van der Waals surface area contributed by atoms with Crippen molar-refractivity contribution in [1.82, 2.24) is 0 Å². The molecule has 0 saturated carbocycles. The van der Waals surface area contributed by atoms with Crippen molar-refractivity contribution in [3.05, 3.63) is 33.3 Å². The molecule has 0 aliphatic rings. The number of carboxylic acid groups (broad SMARTS) is 1. The highest BCUT2D eigenvalue weighted by molar-refractivity contribution is 6.30. The normalized spacial score (nSPS) is 11.1. The van der Waals surface area contributed by atoms with E-state index in [4.69, 9.17) is 21.4 Å². The molecule has 0 aliphatic heterocycles. The molecular weight excluding hydrogens is 274 g/mol. The Hall–Kier alpha value is -1.82. The fourth-order valence-corrected chi connectivity index (χ4v) is 1.44. The summed E-state index contributed by atoms with van der Waals surface area (Å²) in [5.41, 5.74) is -1.15. The van der Waals surface area contributed by atoms with Crippen LogP contribution in [0.3, 0.4) is 0 Å². The van der Waals surface area contributed by atoms with Crippen LogP contribution >= 0.6 is 11.6 Å². The summed E-state index contributed by atoms with van der Waals surface area (Å²) >= 11 is 5.74. The molecule has 0 amide bonds. The molecule has 1 N–H and O–H groups in total. The second-order valence-corrected chi connectivity index (χ2v) is 5.09. The van der Waals surface area contributed by atoms with E-state index < -0.39 is 16.3 Å². The lowest BCUT2D eigenvalue weighted by Gasteiger charge is -2.18. The monoisotopic (exact) mass is 287 g/mol. The molecule has 0 radical (unpaired) electrons. The van der Waals surface area contributed by atoms with Crippen LogP contribution in [0.2, 0.25) is 5.02 Å². The third-order valence-electron chi connectivity index (χ3n) is 2.68. The van der Waals surface area contributed by atoms with Crippen LogP contribution in [-0.4, -0.2) is 22.6 Å². The van der Waals surface area contributed by atoms with Crippen LogP contribution in [0, 0.1) is 15.5 Å². The Kier molecular flexibility index (Phi) is 4.72. The number of hydrogen-bond donors (Lipinski definition) is 1. The van der Waals surface area contributed by atoms with Crippen molar-refractivity contribution in [3.63, 3.8) is 0 Å². The average molecular weight is 288 g/mol. The molecule has 0 saturated heterocycles. The molecule has 0 unspecified atom stereocenters. The number of nitrogens with zero attached hydrogens (tertiary/aromatic N) is 1. The highest BCUT2D eigenvalue weighted by Gasteiger charge is 2.27. The van der Waals surface area contributed by atoms with Crippen molar-refractivity contribution in [2.45, 2.75) is 20.3 Å². The summed E-state index contributed by atoms with van der Waals surface area (Å²) < 4.78 is 5.28. The van der Waals surface area contributed by atoms with Gasteiger partial charge in [-0.2, -0.15) is 0 Å². The maximum atomic E-state index is 10.9. The van der Waals surface area contributed by atoms with E-state index in [1.807, 2.05) is 0 Å². The minimum Gasteiger partial charge on any atom is -0.487 e. The predicted octanol–water partition coefficient (Wildman–Crippen LogP) is 3.13. The summed E-state index contributed by atoms with van der Waals surface area (Å²) in [4.78, 5) is 21.1. The molecule has 0 aromatic heterocycles. The zero-order valence-electron chi connectivity index (χ0n) is 10.6. The first-order valence-corrected chi connectivity index (χ1v) is 5.92. The summed E-state index contributed by atoms with van der Waals surface area (Å²) in [6.45, 7) is 3.18. The Bertz CT molecular complexity index is 501. The summed E-state index contributed by atoms with van der Waals surface area (Å²) in [6.07, 6.45) is 0.228. The summed E-state index contributed by atoms with van der Waals surface area (Å²) in [6, 6.07) is 3.99. The van der Waals surface area contributed by atoms with E-state index in [1.165, 1.54) is 18.2 Å². The van der Waals surface area contributed by atoms with Crippen LogP contribution in [-0.2, 0) is 4.79 Å². The van der Waals surface area contributed by atoms with Gasteiger partial charge in [-0.3, -0.25) is 14.9 Å². The van der Waals surface area contributed by atoms with Crippen LogP contribution in [0.4, 0.5) is 5.69 Å². The average Bonchev–Trinajstić information content (AvgIpc) is 2.28. The molecule has 7 heteroatoms. The van der Waals surface area contributed by atoms with Crippen molar-refractivity contribution in [2.24, 2.45) is 5.41 Å². The zero-order valence-corrected chi connectivity index (χ0v) is 11.3. The van der Waals surface area contributed by atoms with Crippen LogP contribution in [0.5, 0.6) is 5.75 Å². The molecule has 0 aliphatic carbocycles. The SMILES string of the molecule is CC(C)(CCOc1cc(Cl)ccc1[N+](=O)[O-])C(=O)O. The van der Waals surface area contributed by atoms with Crippen LogP contribution < -0.4 is 4.74 Å². The number of carboxylic acids is 1. The standard InChI is InChI=1S/C12H14ClNO5/c1-12(2,11(15)16)5-6-19-10-7-8(13)3-4-9(10)14(17)18/h3-4,7H,5-6H2,1-2H3,(H,15,16). The largest absolute Gasteiger partial charge is 0.487 e. The molecule has 6 nitrogen and oxygen atoms in total. The number of carbonyl (C=O) groups is 1. The summed E-state index contributed by atoms with van der Waals surface area (Å²) in [7, 11) is 0. The molecule has 0 atom stereocenters. The minimum absolute atomic E-state index is 0.0405. The van der Waals surface area contributed by atoms with E-state index in [1.54, 1.807) is 13.8 Å². The lowest BCUT2D eigenvalue weighted by molar-refractivity contribution is -0.385. The van der Waals surface area contributed by atoms with Crippen molar-refractivity contribution in [3.8, 4) is 5.75 Å². The molecule has 0 spiro atoms. The number of ether oxygens (including phenoxy) is 1. The van der Waals surface area contributed by atoms with E-state index in [0.717, 1.165) is 0 Å². The Morgan fingerprint density at radius 2 is 2.16 bits per heavy atom. The third kappa shape index (κ3) is 4.10. The Labute approximate surface area is 115 Å². The van der Waals surface area contributed by atoms with Gasteiger partial charge in [-0.1, -0.05) is 11.6 Å². The molecule has 0 bridgehead atoms. The van der Waals surface area contributed by atoms with E-state index in [0.29, 0.717) is 5.02 Å². The van der Waals surface area contributed by atoms with Gasteiger partial charge in [-0.05, 0) is 26.3 Å². The zero-order chi connectivity index (χ0) is 14.6. The Morgan fingerprint density at radius 3 is 2.68 bits per heavy atom. The van der Waals surface area contributed by atoms with Gasteiger partial charge >= 0.3 is 11.7 Å². The van der Waals surface area contributed by atoms with Gasteiger partial charge in [0.15, 0.2) is 5.75 Å². The van der Waals surface area contributed by atoms with Crippen LogP contribution in [0.25, 0.3) is 0 Å². The third-order valence-corrected chi connectivity index (χ3v) is 2.92. The van der Waals surface area contributed by atoms with Crippen molar-refractivity contribution in [1.29, 1.82) is 0 Å². The van der Waals surface area contributed by atoms with Crippen molar-refractivity contribution in [2.75, 3.05) is 6.61 Å². The lowest BCUT2D eigenvalue weighted by Crippen LogP contribution is -2.25. The molecule has 1 rings (SSSR count). The molecule has 0 heterocycles. The molecule has 1 aromatic rings. The van der Waals surface area contributed by atoms with E-state index in [2.05, 4.69) is 0 Å². The second kappa shape index (κ2) is 5.88. The number of rotatable bonds is 6. The van der Waals surface area contributed by atoms with Gasteiger partial charge in [0.05, 0.1) is 16.9 Å². The second-order valence-electron chi connectivity index (χ2n) is 4.66. The Morgan fingerprint density at radius 1 is 1.53 bits per heavy atom. The predicted molar refractivity (Wildman–Crippen MR) is 69.6 cm³/mol. The van der Waals surface area contributed by atoms with Crippen LogP contribution in [0.1, 0.15) is 20.3 Å². The fourth-order valence-electron chi connectivity index (χ4n) is 1.28. The first-order chi connectivity index (χ1) is 8.74. The quantitative estimate of drug-likeness (QED) is 0.641. The lowest BCUT2D eigenvalue weighted by atomic mass is 9.90. The molecule has 104 valence electrons. The molecule has 0 fully saturated rings. The Balaban J connectivity index is 2.75. The van der Waals surface area contributed by atoms with Crippen molar-refractivity contribution >= 4 is 23.3 Å². The van der Waals surface area contributed by atoms with Gasteiger partial charge in [0.2, 0.25) is 0 Å². The number of aliphatic carboxylic acids is 1. The molecular formula is C12H14ClNO5. The number of hydrogen-bond acceptors (Lipinski definition) is 4. The van der Waals surface area contributed by atoms with E-state index >= 15 is 0 Å². The highest BCUT2D eigenvalue weighted by Crippen LogP contribution is 2.31. The van der Waals surface area contributed by atoms with E-state index in [9.17, 15) is 14.9 Å². The summed E-state index contributed by atoms with van der Waals surface area (Å²) in [5.74, 6) is -0.907. The smallest absolute Gasteiger partial charge is 0.311 e. The van der Waals surface area contributed by atoms with Gasteiger partial charge in [-0.25, -0.2) is 0 Å². The fraction of sp³-hybridized carbons (Fsp3) is 0.417. The summed E-state index contributed by atoms with van der Waals surface area (Å²) in [5, 5.41) is 20.0. The molecule has 19 heavy (non-hydrogen) atoms. The van der Waals surface area contributed by atoms with Gasteiger partial charge in [0, 0.05) is 17.2 Å². The number of halogens is 1. The van der Waals surface area contributed by atoms with Crippen molar-refractivity contribution < 1.29 is 19.6 Å². The minimum atomic E-state index is -0.951. The van der Waals surface area contributed by atoms with Gasteiger partial charge in [-0.15, -0.1) is 0 Å². The first-order valence-electron chi connectivity index (χ1n) is 5.54. The topological polar surface area (TPSA) is 89.7 Å². The number of benzene rings is 1.